The van der Waals surface area contributed by atoms with Crippen molar-refractivity contribution in [1.82, 2.24) is 10.2 Å². The van der Waals surface area contributed by atoms with Gasteiger partial charge in [-0.15, -0.1) is 0 Å². The Morgan fingerprint density at radius 1 is 1.26 bits per heavy atom. The summed E-state index contributed by atoms with van der Waals surface area (Å²) in [6.45, 7) is 6.71. The Balaban J connectivity index is 1.87. The van der Waals surface area contributed by atoms with Crippen LogP contribution in [0.1, 0.15) is 45.6 Å². The predicted octanol–water partition coefficient (Wildman–Crippen LogP) is 3.98. The molecule has 0 radical (unpaired) electrons. The van der Waals surface area contributed by atoms with Crippen LogP contribution in [0.15, 0.2) is 24.3 Å². The molecule has 2 fully saturated rings. The van der Waals surface area contributed by atoms with Crippen molar-refractivity contribution in [2.75, 3.05) is 0 Å². The average molecular weight is 335 g/mol. The lowest BCUT2D eigenvalue weighted by Crippen LogP contribution is -2.54. The first-order chi connectivity index (χ1) is 10.7. The van der Waals surface area contributed by atoms with Gasteiger partial charge in [0.15, 0.2) is 0 Å². The molecular weight excluding hydrogens is 312 g/mol. The monoisotopic (exact) mass is 334 g/mol. The Morgan fingerprint density at radius 2 is 1.96 bits per heavy atom. The number of carbonyl (C=O) groups is 2. The van der Waals surface area contributed by atoms with Crippen molar-refractivity contribution in [2.45, 2.75) is 52.1 Å². The number of amides is 3. The Kier molecular flexibility index (Phi) is 3.91. The van der Waals surface area contributed by atoms with Gasteiger partial charge < -0.3 is 5.32 Å². The summed E-state index contributed by atoms with van der Waals surface area (Å²) in [5.41, 5.74) is 0.0818. The number of nitrogens with zero attached hydrogens (tertiary/aromatic N) is 1. The standard InChI is InChI=1S/C18H23ClN2O2/c1-12-8-17(2,3)11-18(9-12)15(22)21(16(23)20-18)10-13-6-4-5-7-14(13)19/h4-7,12H,8-11H2,1-3H3,(H,20,23)/t12-,18-/m1/s1. The number of halogens is 1. The van der Waals surface area contributed by atoms with Crippen LogP contribution >= 0.6 is 11.6 Å². The zero-order valence-electron chi connectivity index (χ0n) is 13.9. The maximum absolute atomic E-state index is 13.0. The number of imide groups is 1. The molecule has 2 aliphatic rings. The van der Waals surface area contributed by atoms with Crippen LogP contribution in [0.2, 0.25) is 5.02 Å². The van der Waals surface area contributed by atoms with E-state index in [1.165, 1.54) is 4.90 Å². The number of benzene rings is 1. The number of nitrogens with one attached hydrogen (secondary N) is 1. The number of hydrogen-bond acceptors (Lipinski definition) is 2. The molecule has 1 aliphatic heterocycles. The second kappa shape index (κ2) is 5.52. The molecule has 0 unspecified atom stereocenters. The van der Waals surface area contributed by atoms with Gasteiger partial charge in [0, 0.05) is 5.02 Å². The molecule has 1 saturated heterocycles. The van der Waals surface area contributed by atoms with Crippen LogP contribution in [0.5, 0.6) is 0 Å². The molecule has 0 bridgehead atoms. The minimum Gasteiger partial charge on any atom is -0.323 e. The van der Waals surface area contributed by atoms with E-state index in [1.807, 2.05) is 18.2 Å². The lowest BCUT2D eigenvalue weighted by molar-refractivity contribution is -0.135. The molecule has 5 heteroatoms. The molecule has 3 amide bonds. The van der Waals surface area contributed by atoms with E-state index in [0.717, 1.165) is 12.0 Å². The van der Waals surface area contributed by atoms with Crippen molar-refractivity contribution >= 4 is 23.5 Å². The molecule has 1 aromatic rings. The lowest BCUT2D eigenvalue weighted by Gasteiger charge is -2.43. The summed E-state index contributed by atoms with van der Waals surface area (Å²) < 4.78 is 0. The van der Waals surface area contributed by atoms with Gasteiger partial charge in [0.05, 0.1) is 6.54 Å². The molecule has 0 aromatic heterocycles. The third-order valence-corrected chi connectivity index (χ3v) is 5.28. The topological polar surface area (TPSA) is 49.4 Å². The number of rotatable bonds is 2. The minimum absolute atomic E-state index is 0.0427. The van der Waals surface area contributed by atoms with Gasteiger partial charge in [-0.3, -0.25) is 9.69 Å². The fraction of sp³-hybridized carbons (Fsp3) is 0.556. The maximum atomic E-state index is 13.0. The Labute approximate surface area is 142 Å². The quantitative estimate of drug-likeness (QED) is 0.832. The molecule has 1 heterocycles. The molecule has 1 spiro atoms. The zero-order valence-corrected chi connectivity index (χ0v) is 14.6. The van der Waals surface area contributed by atoms with E-state index in [-0.39, 0.29) is 23.9 Å². The number of hydrogen-bond donors (Lipinski definition) is 1. The highest BCUT2D eigenvalue weighted by atomic mass is 35.5. The van der Waals surface area contributed by atoms with Gasteiger partial charge >= 0.3 is 6.03 Å². The van der Waals surface area contributed by atoms with Gasteiger partial charge in [0.1, 0.15) is 5.54 Å². The van der Waals surface area contributed by atoms with Gasteiger partial charge in [-0.2, -0.15) is 0 Å². The van der Waals surface area contributed by atoms with Crippen LogP contribution in [0.4, 0.5) is 4.79 Å². The van der Waals surface area contributed by atoms with Crippen LogP contribution in [0.3, 0.4) is 0 Å². The fourth-order valence-corrected chi connectivity index (χ4v) is 4.64. The fourth-order valence-electron chi connectivity index (χ4n) is 4.45. The summed E-state index contributed by atoms with van der Waals surface area (Å²) >= 11 is 6.17. The highest BCUT2D eigenvalue weighted by molar-refractivity contribution is 6.31. The molecule has 2 atom stereocenters. The first-order valence-corrected chi connectivity index (χ1v) is 8.48. The summed E-state index contributed by atoms with van der Waals surface area (Å²) in [5, 5.41) is 3.56. The summed E-state index contributed by atoms with van der Waals surface area (Å²) in [4.78, 5) is 26.8. The Hall–Kier alpha value is -1.55. The Bertz CT molecular complexity index is 658. The molecule has 3 rings (SSSR count). The third kappa shape index (κ3) is 2.97. The summed E-state index contributed by atoms with van der Waals surface area (Å²) in [6.07, 6.45) is 2.47. The van der Waals surface area contributed by atoms with Crippen LogP contribution in [-0.4, -0.2) is 22.4 Å². The van der Waals surface area contributed by atoms with E-state index in [9.17, 15) is 9.59 Å². The first kappa shape index (κ1) is 16.3. The molecule has 124 valence electrons. The number of urea groups is 1. The SMILES string of the molecule is C[C@@H]1CC(C)(C)C[C@@]2(C1)NC(=O)N(Cc1ccccc1Cl)C2=O. The van der Waals surface area contributed by atoms with Crippen molar-refractivity contribution < 1.29 is 9.59 Å². The van der Waals surface area contributed by atoms with E-state index in [4.69, 9.17) is 11.6 Å². The zero-order chi connectivity index (χ0) is 16.8. The molecule has 1 saturated carbocycles. The van der Waals surface area contributed by atoms with Crippen molar-refractivity contribution in [3.63, 3.8) is 0 Å². The Morgan fingerprint density at radius 3 is 2.61 bits per heavy atom. The van der Waals surface area contributed by atoms with Crippen molar-refractivity contribution in [2.24, 2.45) is 11.3 Å². The summed E-state index contributed by atoms with van der Waals surface area (Å²) in [5.74, 6) is 0.297. The average Bonchev–Trinajstić information content (AvgIpc) is 2.62. The smallest absolute Gasteiger partial charge is 0.323 e. The lowest BCUT2D eigenvalue weighted by atomic mass is 9.64. The normalized spacial score (nSPS) is 29.9. The molecule has 1 aromatic carbocycles. The maximum Gasteiger partial charge on any atom is 0.325 e. The van der Waals surface area contributed by atoms with Crippen molar-refractivity contribution in [3.8, 4) is 0 Å². The van der Waals surface area contributed by atoms with Crippen molar-refractivity contribution in [1.29, 1.82) is 0 Å². The van der Waals surface area contributed by atoms with E-state index < -0.39 is 5.54 Å². The predicted molar refractivity (Wildman–Crippen MR) is 90.1 cm³/mol. The summed E-state index contributed by atoms with van der Waals surface area (Å²) in [6, 6.07) is 7.02. The van der Waals surface area contributed by atoms with Crippen molar-refractivity contribution in [3.05, 3.63) is 34.9 Å². The second-order valence-electron chi connectivity index (χ2n) is 7.85. The van der Waals surface area contributed by atoms with E-state index in [2.05, 4.69) is 26.1 Å². The first-order valence-electron chi connectivity index (χ1n) is 8.10. The van der Waals surface area contributed by atoms with Crippen LogP contribution in [0, 0.1) is 11.3 Å². The van der Waals surface area contributed by atoms with Crippen LogP contribution < -0.4 is 5.32 Å². The van der Waals surface area contributed by atoms with Crippen LogP contribution in [-0.2, 0) is 11.3 Å². The van der Waals surface area contributed by atoms with Gasteiger partial charge in [-0.1, -0.05) is 50.6 Å². The summed E-state index contributed by atoms with van der Waals surface area (Å²) in [7, 11) is 0. The second-order valence-corrected chi connectivity index (χ2v) is 8.26. The molecular formula is C18H23ClN2O2. The molecule has 1 aliphatic carbocycles. The highest BCUT2D eigenvalue weighted by Gasteiger charge is 2.56. The van der Waals surface area contributed by atoms with E-state index in [0.29, 0.717) is 23.8 Å². The van der Waals surface area contributed by atoms with Gasteiger partial charge in [0.2, 0.25) is 0 Å². The van der Waals surface area contributed by atoms with Gasteiger partial charge in [-0.25, -0.2) is 4.79 Å². The third-order valence-electron chi connectivity index (χ3n) is 4.91. The largest absolute Gasteiger partial charge is 0.325 e. The van der Waals surface area contributed by atoms with Gasteiger partial charge in [0.25, 0.3) is 5.91 Å². The van der Waals surface area contributed by atoms with Gasteiger partial charge in [-0.05, 0) is 42.2 Å². The van der Waals surface area contributed by atoms with Crippen LogP contribution in [0.25, 0.3) is 0 Å². The minimum atomic E-state index is -0.750. The highest BCUT2D eigenvalue weighted by Crippen LogP contribution is 2.46. The molecule has 4 nitrogen and oxygen atoms in total. The molecule has 1 N–H and O–H groups in total. The van der Waals surface area contributed by atoms with E-state index in [1.54, 1.807) is 6.07 Å². The number of carbonyl (C=O) groups excluding carboxylic acids is 2. The van der Waals surface area contributed by atoms with E-state index >= 15 is 0 Å². The molecule has 23 heavy (non-hydrogen) atoms.